The molecule has 1 aliphatic carbocycles. The van der Waals surface area contributed by atoms with Gasteiger partial charge in [-0.1, -0.05) is 27.2 Å². The minimum absolute atomic E-state index is 0.0766. The van der Waals surface area contributed by atoms with Crippen LogP contribution in [0.4, 0.5) is 0 Å². The molecule has 158 valence electrons. The minimum Gasteiger partial charge on any atom is -0.354 e. The molecule has 2 aromatic heterocycles. The van der Waals surface area contributed by atoms with Gasteiger partial charge < -0.3 is 10.6 Å². The number of amides is 2. The van der Waals surface area contributed by atoms with Gasteiger partial charge in [0.2, 0.25) is 5.91 Å². The molecule has 2 heterocycles. The van der Waals surface area contributed by atoms with E-state index >= 15 is 0 Å². The van der Waals surface area contributed by atoms with E-state index in [1.54, 1.807) is 10.7 Å². The largest absolute Gasteiger partial charge is 0.354 e. The SMILES string of the molecule is CCCC(C(=O)NCC1CC(NC(=O)c2cccn3nccc23)C1(C)C)N(C)C. The van der Waals surface area contributed by atoms with E-state index in [0.717, 1.165) is 24.8 Å². The summed E-state index contributed by atoms with van der Waals surface area (Å²) in [6.07, 6.45) is 6.21. The zero-order valence-electron chi connectivity index (χ0n) is 18.1. The van der Waals surface area contributed by atoms with Gasteiger partial charge in [-0.25, -0.2) is 4.52 Å². The van der Waals surface area contributed by atoms with Crippen molar-refractivity contribution < 1.29 is 9.59 Å². The van der Waals surface area contributed by atoms with Gasteiger partial charge in [-0.2, -0.15) is 5.10 Å². The van der Waals surface area contributed by atoms with Gasteiger partial charge in [-0.15, -0.1) is 0 Å². The molecule has 7 nitrogen and oxygen atoms in total. The Labute approximate surface area is 172 Å². The van der Waals surface area contributed by atoms with Crippen molar-refractivity contribution in [2.24, 2.45) is 11.3 Å². The zero-order chi connectivity index (χ0) is 21.2. The van der Waals surface area contributed by atoms with Crippen molar-refractivity contribution in [3.05, 3.63) is 36.2 Å². The van der Waals surface area contributed by atoms with E-state index < -0.39 is 0 Å². The molecule has 3 unspecified atom stereocenters. The number of nitrogens with one attached hydrogen (secondary N) is 2. The highest BCUT2D eigenvalue weighted by Gasteiger charge is 2.48. The molecule has 0 bridgehead atoms. The van der Waals surface area contributed by atoms with E-state index in [9.17, 15) is 9.59 Å². The molecule has 2 amide bonds. The summed E-state index contributed by atoms with van der Waals surface area (Å²) in [4.78, 5) is 27.3. The van der Waals surface area contributed by atoms with Gasteiger partial charge in [0.15, 0.2) is 0 Å². The number of hydrogen-bond acceptors (Lipinski definition) is 4. The first-order chi connectivity index (χ1) is 13.8. The third-order valence-corrected chi connectivity index (χ3v) is 6.47. The lowest BCUT2D eigenvalue weighted by Crippen LogP contribution is -2.61. The minimum atomic E-state index is -0.0881. The average Bonchev–Trinajstić information content (AvgIpc) is 3.16. The lowest BCUT2D eigenvalue weighted by Gasteiger charge is -2.52. The third kappa shape index (κ3) is 4.29. The summed E-state index contributed by atoms with van der Waals surface area (Å²) < 4.78 is 1.70. The Bertz CT molecular complexity index is 873. The molecule has 1 fully saturated rings. The van der Waals surface area contributed by atoms with Crippen molar-refractivity contribution in [2.75, 3.05) is 20.6 Å². The maximum absolute atomic E-state index is 12.8. The van der Waals surface area contributed by atoms with Crippen molar-refractivity contribution in [3.8, 4) is 0 Å². The maximum Gasteiger partial charge on any atom is 0.253 e. The van der Waals surface area contributed by atoms with E-state index in [2.05, 4.69) is 36.5 Å². The van der Waals surface area contributed by atoms with Crippen LogP contribution in [0, 0.1) is 11.3 Å². The Morgan fingerprint density at radius 1 is 1.34 bits per heavy atom. The Morgan fingerprint density at radius 3 is 2.76 bits per heavy atom. The molecule has 7 heteroatoms. The van der Waals surface area contributed by atoms with Crippen LogP contribution in [0.5, 0.6) is 0 Å². The van der Waals surface area contributed by atoms with Crippen LogP contribution in [-0.2, 0) is 4.79 Å². The molecule has 1 saturated carbocycles. The van der Waals surface area contributed by atoms with Crippen LogP contribution in [0.1, 0.15) is 50.4 Å². The molecule has 29 heavy (non-hydrogen) atoms. The topological polar surface area (TPSA) is 78.7 Å². The van der Waals surface area contributed by atoms with Gasteiger partial charge in [0.1, 0.15) is 0 Å². The van der Waals surface area contributed by atoms with Gasteiger partial charge in [-0.3, -0.25) is 14.5 Å². The molecule has 0 aliphatic heterocycles. The maximum atomic E-state index is 12.8. The smallest absolute Gasteiger partial charge is 0.253 e. The van der Waals surface area contributed by atoms with Crippen LogP contribution in [0.15, 0.2) is 30.6 Å². The lowest BCUT2D eigenvalue weighted by molar-refractivity contribution is -0.126. The molecule has 2 N–H and O–H groups in total. The molecule has 3 rings (SSSR count). The second-order valence-electron chi connectivity index (χ2n) is 8.88. The van der Waals surface area contributed by atoms with Crippen LogP contribution in [0.25, 0.3) is 5.52 Å². The Balaban J connectivity index is 1.56. The molecule has 0 spiro atoms. The van der Waals surface area contributed by atoms with Crippen molar-refractivity contribution >= 4 is 17.3 Å². The van der Waals surface area contributed by atoms with Crippen molar-refractivity contribution in [3.63, 3.8) is 0 Å². The Hall–Kier alpha value is -2.41. The lowest BCUT2D eigenvalue weighted by atomic mass is 9.58. The number of likely N-dealkylation sites (N-methyl/N-ethyl adjacent to an activating group) is 1. The summed E-state index contributed by atoms with van der Waals surface area (Å²) in [7, 11) is 3.89. The fourth-order valence-electron chi connectivity index (χ4n) is 4.23. The third-order valence-electron chi connectivity index (χ3n) is 6.47. The van der Waals surface area contributed by atoms with Crippen LogP contribution in [-0.4, -0.2) is 59.1 Å². The summed E-state index contributed by atoms with van der Waals surface area (Å²) in [5.41, 5.74) is 1.36. The Kier molecular flexibility index (Phi) is 6.27. The first-order valence-electron chi connectivity index (χ1n) is 10.4. The van der Waals surface area contributed by atoms with Crippen LogP contribution < -0.4 is 10.6 Å². The molecule has 0 saturated heterocycles. The second-order valence-corrected chi connectivity index (χ2v) is 8.88. The van der Waals surface area contributed by atoms with Gasteiger partial charge >= 0.3 is 0 Å². The predicted molar refractivity (Wildman–Crippen MR) is 114 cm³/mol. The van der Waals surface area contributed by atoms with Crippen molar-refractivity contribution in [2.45, 2.75) is 52.1 Å². The Morgan fingerprint density at radius 2 is 2.10 bits per heavy atom. The number of aromatic nitrogens is 2. The number of fused-ring (bicyclic) bond motifs is 1. The van der Waals surface area contributed by atoms with Gasteiger partial charge in [0.05, 0.1) is 23.3 Å². The van der Waals surface area contributed by atoms with E-state index in [4.69, 9.17) is 0 Å². The first-order valence-corrected chi connectivity index (χ1v) is 10.4. The van der Waals surface area contributed by atoms with Gasteiger partial charge in [-0.05, 0) is 56.5 Å². The first kappa shape index (κ1) is 21.3. The molecule has 3 atom stereocenters. The predicted octanol–water partition coefficient (Wildman–Crippen LogP) is 2.33. The number of carbonyl (C=O) groups is 2. The standard InChI is InChI=1S/C22H33N5O2/c1-6-8-18(26(4)5)21(29)23-14-15-13-19(22(15,2)3)25-20(28)16-9-7-12-27-17(16)10-11-24-27/h7,9-12,15,18-19H,6,8,13-14H2,1-5H3,(H,23,29)(H,25,28). The fraction of sp³-hybridized carbons (Fsp3) is 0.591. The summed E-state index contributed by atoms with van der Waals surface area (Å²) in [6.45, 7) is 7.06. The molecular weight excluding hydrogens is 366 g/mol. The number of nitrogens with zero attached hydrogens (tertiary/aromatic N) is 3. The highest BCUT2D eigenvalue weighted by atomic mass is 16.2. The van der Waals surface area contributed by atoms with E-state index in [1.165, 1.54) is 0 Å². The molecule has 1 aliphatic rings. The second kappa shape index (κ2) is 8.53. The highest BCUT2D eigenvalue weighted by molar-refractivity contribution is 6.00. The molecule has 0 radical (unpaired) electrons. The van der Waals surface area contributed by atoms with E-state index in [-0.39, 0.29) is 29.3 Å². The van der Waals surface area contributed by atoms with Crippen molar-refractivity contribution in [1.82, 2.24) is 25.1 Å². The zero-order valence-corrected chi connectivity index (χ0v) is 18.1. The van der Waals surface area contributed by atoms with Gasteiger partial charge in [0.25, 0.3) is 5.91 Å². The molecule has 0 aromatic carbocycles. The van der Waals surface area contributed by atoms with Crippen molar-refractivity contribution in [1.29, 1.82) is 0 Å². The monoisotopic (exact) mass is 399 g/mol. The quantitative estimate of drug-likeness (QED) is 0.714. The summed E-state index contributed by atoms with van der Waals surface area (Å²) in [5.74, 6) is 0.353. The summed E-state index contributed by atoms with van der Waals surface area (Å²) in [5, 5.41) is 10.5. The normalized spacial score (nSPS) is 21.6. The molecular formula is C22H33N5O2. The number of rotatable bonds is 8. The van der Waals surface area contributed by atoms with Crippen LogP contribution >= 0.6 is 0 Å². The fourth-order valence-corrected chi connectivity index (χ4v) is 4.23. The van der Waals surface area contributed by atoms with E-state index in [1.807, 2.05) is 43.4 Å². The van der Waals surface area contributed by atoms with Crippen LogP contribution in [0.2, 0.25) is 0 Å². The highest BCUT2D eigenvalue weighted by Crippen LogP contribution is 2.46. The van der Waals surface area contributed by atoms with E-state index in [0.29, 0.717) is 18.0 Å². The number of carbonyl (C=O) groups excluding carboxylic acids is 2. The summed E-state index contributed by atoms with van der Waals surface area (Å²) in [6, 6.07) is 5.49. The summed E-state index contributed by atoms with van der Waals surface area (Å²) >= 11 is 0. The molecule has 2 aromatic rings. The number of hydrogen-bond donors (Lipinski definition) is 2. The van der Waals surface area contributed by atoms with Gasteiger partial charge in [0, 0.05) is 18.8 Å². The van der Waals surface area contributed by atoms with Crippen LogP contribution in [0.3, 0.4) is 0 Å². The number of pyridine rings is 1. The average molecular weight is 400 g/mol.